The van der Waals surface area contributed by atoms with Crippen molar-refractivity contribution in [1.82, 2.24) is 0 Å². The maximum Gasteiger partial charge on any atom is 0.257 e. The zero-order valence-electron chi connectivity index (χ0n) is 14.4. The largest absolute Gasteiger partial charge is 0.325 e. The molecule has 0 saturated carbocycles. The number of halogens is 1. The first-order chi connectivity index (χ1) is 12.1. The lowest BCUT2D eigenvalue weighted by molar-refractivity contribution is -0.114. The highest BCUT2D eigenvalue weighted by atomic mass is 35.5. The third-order valence-corrected chi connectivity index (χ3v) is 5.03. The fourth-order valence-corrected chi connectivity index (χ4v) is 2.95. The minimum Gasteiger partial charge on any atom is -0.325 e. The van der Waals surface area contributed by atoms with Crippen LogP contribution in [0.4, 0.5) is 17.1 Å². The molecule has 0 aliphatic carbocycles. The summed E-state index contributed by atoms with van der Waals surface area (Å²) in [5, 5.41) is 5.50. The van der Waals surface area contributed by atoms with Crippen LogP contribution in [0.2, 0.25) is 5.02 Å². The molecule has 0 radical (unpaired) electrons. The van der Waals surface area contributed by atoms with E-state index in [0.717, 1.165) is 10.6 Å². The van der Waals surface area contributed by atoms with Crippen molar-refractivity contribution in [3.63, 3.8) is 0 Å². The Morgan fingerprint density at radius 3 is 2.31 bits per heavy atom. The summed E-state index contributed by atoms with van der Waals surface area (Å²) in [5.41, 5.74) is 1.29. The summed E-state index contributed by atoms with van der Waals surface area (Å²) in [6.07, 6.45) is 1.06. The van der Waals surface area contributed by atoms with Gasteiger partial charge in [0.15, 0.2) is 0 Å². The van der Waals surface area contributed by atoms with E-state index < -0.39 is 15.9 Å². The summed E-state index contributed by atoms with van der Waals surface area (Å²) >= 11 is 6.09. The maximum atomic E-state index is 12.6. The number of benzene rings is 2. The number of para-hydroxylation sites is 1. The third-order valence-electron chi connectivity index (χ3n) is 3.52. The van der Waals surface area contributed by atoms with Crippen molar-refractivity contribution in [1.29, 1.82) is 0 Å². The molecule has 0 aliphatic rings. The van der Waals surface area contributed by atoms with Gasteiger partial charge in [-0.05, 0) is 30.3 Å². The monoisotopic (exact) mass is 395 g/mol. The van der Waals surface area contributed by atoms with E-state index in [2.05, 4.69) is 10.6 Å². The van der Waals surface area contributed by atoms with Crippen molar-refractivity contribution in [3.8, 4) is 0 Å². The van der Waals surface area contributed by atoms with Crippen molar-refractivity contribution in [2.24, 2.45) is 0 Å². The Morgan fingerprint density at radius 2 is 1.73 bits per heavy atom. The van der Waals surface area contributed by atoms with Gasteiger partial charge in [0.05, 0.1) is 28.2 Å². The lowest BCUT2D eigenvalue weighted by atomic mass is 10.1. The van der Waals surface area contributed by atoms with E-state index in [4.69, 9.17) is 11.6 Å². The van der Waals surface area contributed by atoms with E-state index in [1.54, 1.807) is 30.3 Å². The quantitative estimate of drug-likeness (QED) is 0.813. The van der Waals surface area contributed by atoms with Crippen molar-refractivity contribution < 1.29 is 18.0 Å². The van der Waals surface area contributed by atoms with Gasteiger partial charge < -0.3 is 10.6 Å². The van der Waals surface area contributed by atoms with E-state index in [1.807, 2.05) is 0 Å². The predicted octanol–water partition coefficient (Wildman–Crippen LogP) is 2.95. The lowest BCUT2D eigenvalue weighted by Crippen LogP contribution is -2.27. The Labute approximate surface area is 157 Å². The number of hydrogen-bond donors (Lipinski definition) is 2. The van der Waals surface area contributed by atoms with Gasteiger partial charge in [0.1, 0.15) is 0 Å². The molecule has 0 heterocycles. The molecule has 2 rings (SSSR count). The summed E-state index contributed by atoms with van der Waals surface area (Å²) in [5.74, 6) is -0.749. The van der Waals surface area contributed by atoms with E-state index in [1.165, 1.54) is 26.1 Å². The van der Waals surface area contributed by atoms with Gasteiger partial charge in [-0.3, -0.25) is 13.9 Å². The smallest absolute Gasteiger partial charge is 0.257 e. The van der Waals surface area contributed by atoms with E-state index >= 15 is 0 Å². The SMILES string of the molecule is CC(=O)Nc1ccc(NC(=O)c2ccccc2N(C)S(C)(=O)=O)cc1Cl. The number of sulfonamides is 1. The number of hydrogen-bond acceptors (Lipinski definition) is 4. The molecular weight excluding hydrogens is 378 g/mol. The van der Waals surface area contributed by atoms with E-state index in [0.29, 0.717) is 11.4 Å². The fraction of sp³-hybridized carbons (Fsp3) is 0.176. The second-order valence-corrected chi connectivity index (χ2v) is 8.00. The number of rotatable bonds is 5. The third kappa shape index (κ3) is 4.74. The summed E-state index contributed by atoms with van der Waals surface area (Å²) in [4.78, 5) is 23.7. The van der Waals surface area contributed by atoms with Crippen LogP contribution >= 0.6 is 11.6 Å². The van der Waals surface area contributed by atoms with Crippen LogP contribution in [0.15, 0.2) is 42.5 Å². The van der Waals surface area contributed by atoms with E-state index in [-0.39, 0.29) is 22.2 Å². The highest BCUT2D eigenvalue weighted by Gasteiger charge is 2.19. The average molecular weight is 396 g/mol. The Bertz CT molecular complexity index is 960. The highest BCUT2D eigenvalue weighted by Crippen LogP contribution is 2.27. The van der Waals surface area contributed by atoms with Gasteiger partial charge in [0, 0.05) is 19.7 Å². The van der Waals surface area contributed by atoms with Crippen molar-refractivity contribution in [3.05, 3.63) is 53.1 Å². The summed E-state index contributed by atoms with van der Waals surface area (Å²) < 4.78 is 24.6. The number of carbonyl (C=O) groups excluding carboxylic acids is 2. The van der Waals surface area contributed by atoms with Crippen LogP contribution in [-0.4, -0.2) is 33.5 Å². The van der Waals surface area contributed by atoms with Gasteiger partial charge in [-0.25, -0.2) is 8.42 Å². The molecule has 2 amide bonds. The van der Waals surface area contributed by atoms with Gasteiger partial charge in [0.25, 0.3) is 5.91 Å². The number of anilines is 3. The van der Waals surface area contributed by atoms with Crippen molar-refractivity contribution in [2.75, 3.05) is 28.2 Å². The van der Waals surface area contributed by atoms with Crippen LogP contribution in [0, 0.1) is 0 Å². The molecule has 0 saturated heterocycles. The zero-order chi connectivity index (χ0) is 19.5. The van der Waals surface area contributed by atoms with Crippen LogP contribution in [0.3, 0.4) is 0 Å². The zero-order valence-corrected chi connectivity index (χ0v) is 16.0. The molecule has 0 fully saturated rings. The second kappa shape index (κ2) is 7.76. The molecule has 0 unspecified atom stereocenters. The van der Waals surface area contributed by atoms with Crippen molar-refractivity contribution >= 4 is 50.5 Å². The minimum absolute atomic E-state index is 0.197. The molecule has 2 aromatic carbocycles. The molecular formula is C17H18ClN3O4S. The summed E-state index contributed by atoms with van der Waals surface area (Å²) in [6.45, 7) is 1.36. The highest BCUT2D eigenvalue weighted by molar-refractivity contribution is 7.92. The Balaban J connectivity index is 2.29. The van der Waals surface area contributed by atoms with Crippen LogP contribution in [0.25, 0.3) is 0 Å². The first-order valence-corrected chi connectivity index (χ1v) is 9.73. The molecule has 0 aliphatic heterocycles. The summed E-state index contributed by atoms with van der Waals surface area (Å²) in [6, 6.07) is 11.0. The van der Waals surface area contributed by atoms with Crippen molar-refractivity contribution in [2.45, 2.75) is 6.92 Å². The maximum absolute atomic E-state index is 12.6. The van der Waals surface area contributed by atoms with Crippen LogP contribution in [0.5, 0.6) is 0 Å². The first kappa shape index (κ1) is 19.7. The van der Waals surface area contributed by atoms with Crippen LogP contribution < -0.4 is 14.9 Å². The Kier molecular flexibility index (Phi) is 5.89. The molecule has 7 nitrogen and oxygen atoms in total. The first-order valence-electron chi connectivity index (χ1n) is 7.51. The molecule has 9 heteroatoms. The molecule has 2 aromatic rings. The number of nitrogens with one attached hydrogen (secondary N) is 2. The topological polar surface area (TPSA) is 95.6 Å². The van der Waals surface area contributed by atoms with E-state index in [9.17, 15) is 18.0 Å². The Morgan fingerprint density at radius 1 is 1.08 bits per heavy atom. The number of nitrogens with zero attached hydrogens (tertiary/aromatic N) is 1. The fourth-order valence-electron chi connectivity index (χ4n) is 2.20. The van der Waals surface area contributed by atoms with Crippen LogP contribution in [-0.2, 0) is 14.8 Å². The second-order valence-electron chi connectivity index (χ2n) is 5.58. The van der Waals surface area contributed by atoms with Gasteiger partial charge >= 0.3 is 0 Å². The number of amides is 2. The molecule has 2 N–H and O–H groups in total. The lowest BCUT2D eigenvalue weighted by Gasteiger charge is -2.20. The van der Waals surface area contributed by atoms with Crippen LogP contribution in [0.1, 0.15) is 17.3 Å². The normalized spacial score (nSPS) is 10.9. The molecule has 0 spiro atoms. The molecule has 0 bridgehead atoms. The summed E-state index contributed by atoms with van der Waals surface area (Å²) in [7, 11) is -2.14. The van der Waals surface area contributed by atoms with Gasteiger partial charge in [-0.1, -0.05) is 23.7 Å². The standard InChI is InChI=1S/C17H18ClN3O4S/c1-11(22)19-15-9-8-12(10-14(15)18)20-17(23)13-6-4-5-7-16(13)21(2)26(3,24)25/h4-10H,1-3H3,(H,19,22)(H,20,23). The molecule has 0 atom stereocenters. The van der Waals surface area contributed by atoms with Gasteiger partial charge in [0.2, 0.25) is 15.9 Å². The molecule has 0 aromatic heterocycles. The molecule has 138 valence electrons. The van der Waals surface area contributed by atoms with Gasteiger partial charge in [-0.15, -0.1) is 0 Å². The predicted molar refractivity (Wildman–Crippen MR) is 103 cm³/mol. The number of carbonyl (C=O) groups is 2. The average Bonchev–Trinajstić information content (AvgIpc) is 2.55. The Hall–Kier alpha value is -2.58. The minimum atomic E-state index is -3.52. The molecule has 26 heavy (non-hydrogen) atoms. The van der Waals surface area contributed by atoms with Gasteiger partial charge in [-0.2, -0.15) is 0 Å².